The van der Waals surface area contributed by atoms with Crippen molar-refractivity contribution < 1.29 is 29.7 Å². The summed E-state index contributed by atoms with van der Waals surface area (Å²) in [5.74, 6) is -1.63. The fraction of sp³-hybridized carbons (Fsp3) is 0.382. The summed E-state index contributed by atoms with van der Waals surface area (Å²) in [4.78, 5) is 43.8. The van der Waals surface area contributed by atoms with Crippen molar-refractivity contribution in [1.29, 1.82) is 0 Å². The molecule has 0 aromatic heterocycles. The average molecular weight is 586 g/mol. The zero-order valence-electron chi connectivity index (χ0n) is 25.2. The largest absolute Gasteiger partial charge is 0.508 e. The molecule has 9 nitrogen and oxygen atoms in total. The van der Waals surface area contributed by atoms with Crippen molar-refractivity contribution in [1.82, 2.24) is 15.1 Å². The molecule has 0 saturated carbocycles. The molecule has 2 fully saturated rings. The minimum absolute atomic E-state index is 0.0290. The second-order valence-corrected chi connectivity index (χ2v) is 12.3. The number of nitrogens with zero attached hydrogens (tertiary/aromatic N) is 2. The molecular formula is C34H39N3O6. The van der Waals surface area contributed by atoms with Gasteiger partial charge in [0.25, 0.3) is 11.8 Å². The summed E-state index contributed by atoms with van der Waals surface area (Å²) in [6.45, 7) is 8.84. The summed E-state index contributed by atoms with van der Waals surface area (Å²) in [5, 5.41) is 36.2. The molecule has 3 aromatic rings. The van der Waals surface area contributed by atoms with Crippen LogP contribution in [0, 0.1) is 20.8 Å². The highest BCUT2D eigenvalue weighted by molar-refractivity contribution is 5.99. The van der Waals surface area contributed by atoms with Crippen molar-refractivity contribution in [3.05, 3.63) is 100 Å². The number of carbonyl (C=O) groups is 3. The molecule has 5 atom stereocenters. The van der Waals surface area contributed by atoms with Crippen LogP contribution in [0.2, 0.25) is 0 Å². The number of amides is 3. The third kappa shape index (κ3) is 5.17. The van der Waals surface area contributed by atoms with Gasteiger partial charge in [-0.3, -0.25) is 14.4 Å². The van der Waals surface area contributed by atoms with Gasteiger partial charge in [0.15, 0.2) is 6.10 Å². The van der Waals surface area contributed by atoms with Crippen molar-refractivity contribution in [3.63, 3.8) is 0 Å². The van der Waals surface area contributed by atoms with Crippen LogP contribution in [0.1, 0.15) is 52.0 Å². The van der Waals surface area contributed by atoms with Crippen LogP contribution in [0.25, 0.3) is 0 Å². The van der Waals surface area contributed by atoms with Crippen LogP contribution < -0.4 is 5.32 Å². The molecule has 3 aromatic carbocycles. The molecule has 5 rings (SSSR count). The van der Waals surface area contributed by atoms with Gasteiger partial charge in [-0.05, 0) is 75.4 Å². The van der Waals surface area contributed by atoms with Crippen molar-refractivity contribution in [2.24, 2.45) is 0 Å². The number of benzene rings is 3. The Bertz CT molecular complexity index is 1570. The maximum Gasteiger partial charge on any atom is 0.254 e. The number of phenols is 1. The van der Waals surface area contributed by atoms with Crippen LogP contribution in [-0.4, -0.2) is 78.7 Å². The number of β-lactam (4-membered cyclic amide) rings is 1. The zero-order chi connectivity index (χ0) is 31.3. The summed E-state index contributed by atoms with van der Waals surface area (Å²) in [6, 6.07) is 18.0. The van der Waals surface area contributed by atoms with Crippen LogP contribution in [0.5, 0.6) is 5.75 Å². The first-order chi connectivity index (χ1) is 20.3. The lowest BCUT2D eigenvalue weighted by atomic mass is 9.72. The summed E-state index contributed by atoms with van der Waals surface area (Å²) >= 11 is 0. The Morgan fingerprint density at radius 3 is 2.35 bits per heavy atom. The first-order valence-electron chi connectivity index (χ1n) is 14.5. The van der Waals surface area contributed by atoms with Crippen LogP contribution in [-0.2, 0) is 22.6 Å². The lowest BCUT2D eigenvalue weighted by Gasteiger charge is -2.57. The highest BCUT2D eigenvalue weighted by Gasteiger charge is 2.73. The number of aryl methyl sites for hydroxylation is 2. The lowest BCUT2D eigenvalue weighted by molar-refractivity contribution is -0.184. The number of phenolic OH excluding ortho intramolecular Hbond substituents is 1. The molecule has 226 valence electrons. The lowest BCUT2D eigenvalue weighted by Crippen LogP contribution is -2.79. The fourth-order valence-electron chi connectivity index (χ4n) is 6.48. The van der Waals surface area contributed by atoms with Crippen molar-refractivity contribution in [3.8, 4) is 5.75 Å². The van der Waals surface area contributed by atoms with Crippen LogP contribution in [0.3, 0.4) is 0 Å². The summed E-state index contributed by atoms with van der Waals surface area (Å²) < 4.78 is 0. The number of β-amino-alcohol motifs (C(OH)–C–C–N with tert-alkyl or cyclic N) is 1. The molecular weight excluding hydrogens is 546 g/mol. The molecule has 0 aliphatic carbocycles. The molecule has 2 aliphatic rings. The Labute approximate surface area is 251 Å². The van der Waals surface area contributed by atoms with Gasteiger partial charge in [-0.15, -0.1) is 0 Å². The third-order valence-corrected chi connectivity index (χ3v) is 9.36. The predicted molar refractivity (Wildman–Crippen MR) is 161 cm³/mol. The van der Waals surface area contributed by atoms with Gasteiger partial charge in [0, 0.05) is 17.7 Å². The van der Waals surface area contributed by atoms with Gasteiger partial charge < -0.3 is 30.4 Å². The number of nitrogens with one attached hydrogen (secondary N) is 1. The second-order valence-electron chi connectivity index (χ2n) is 12.3. The minimum Gasteiger partial charge on any atom is -0.508 e. The van der Waals surface area contributed by atoms with E-state index >= 15 is 0 Å². The minimum atomic E-state index is -1.71. The summed E-state index contributed by atoms with van der Waals surface area (Å²) in [6.07, 6.45) is -1.57. The van der Waals surface area contributed by atoms with E-state index in [0.29, 0.717) is 11.1 Å². The molecule has 0 bridgehead atoms. The van der Waals surface area contributed by atoms with Gasteiger partial charge in [0.2, 0.25) is 5.91 Å². The molecule has 9 heteroatoms. The van der Waals surface area contributed by atoms with Crippen molar-refractivity contribution in [2.45, 2.75) is 76.9 Å². The Hall–Kier alpha value is -4.21. The molecule has 43 heavy (non-hydrogen) atoms. The standard InChI is InChI=1S/C34H39N3O6/c1-20-15-25(22(3)27(38)16-20)30(40)35-26(17-23-12-7-6-8-13-23)28(39)31(41)36-19-33(4,43)34(5)29(36)32(42)37(34)18-24-14-10-9-11-21(24)2/h6-16,26,28-29,38-39,43H,17-19H2,1-5H3,(H,35,40)/t26-,28-,29?,33+,34?/m0/s1. The van der Waals surface area contributed by atoms with Crippen LogP contribution in [0.4, 0.5) is 0 Å². The van der Waals surface area contributed by atoms with E-state index in [2.05, 4.69) is 5.32 Å². The summed E-state index contributed by atoms with van der Waals surface area (Å²) in [7, 11) is 0. The van der Waals surface area contributed by atoms with Gasteiger partial charge >= 0.3 is 0 Å². The zero-order valence-corrected chi connectivity index (χ0v) is 25.2. The topological polar surface area (TPSA) is 130 Å². The van der Waals surface area contributed by atoms with Crippen molar-refractivity contribution >= 4 is 17.7 Å². The molecule has 4 N–H and O–H groups in total. The molecule has 3 amide bonds. The molecule has 2 unspecified atom stereocenters. The number of aromatic hydroxyl groups is 1. The second kappa shape index (κ2) is 11.1. The van der Waals surface area contributed by atoms with Gasteiger partial charge in [-0.25, -0.2) is 0 Å². The Morgan fingerprint density at radius 1 is 1.02 bits per heavy atom. The van der Waals surface area contributed by atoms with Gasteiger partial charge in [0.1, 0.15) is 17.4 Å². The number of aliphatic hydroxyl groups excluding tert-OH is 1. The smallest absolute Gasteiger partial charge is 0.254 e. The molecule has 0 radical (unpaired) electrons. The van der Waals surface area contributed by atoms with E-state index < -0.39 is 41.1 Å². The SMILES string of the molecule is Cc1cc(O)c(C)c(C(=O)N[C@@H](Cc2ccccc2)[C@H](O)C(=O)N2C[C@@](C)(O)C3(C)C2C(=O)N3Cc2ccccc2C)c1. The van der Waals surface area contributed by atoms with Gasteiger partial charge in [0.05, 0.1) is 18.1 Å². The highest BCUT2D eigenvalue weighted by atomic mass is 16.3. The third-order valence-electron chi connectivity index (χ3n) is 9.36. The highest BCUT2D eigenvalue weighted by Crippen LogP contribution is 2.50. The normalized spacial score (nSPS) is 24.3. The molecule has 2 saturated heterocycles. The van der Waals surface area contributed by atoms with E-state index in [1.54, 1.807) is 44.7 Å². The van der Waals surface area contributed by atoms with E-state index in [9.17, 15) is 29.7 Å². The summed E-state index contributed by atoms with van der Waals surface area (Å²) in [5.41, 5.74) is 1.51. The Kier molecular flexibility index (Phi) is 7.83. The first kappa shape index (κ1) is 30.3. The molecule has 2 heterocycles. The number of hydrogen-bond donors (Lipinski definition) is 4. The van der Waals surface area contributed by atoms with E-state index in [0.717, 1.165) is 16.7 Å². The van der Waals surface area contributed by atoms with E-state index in [4.69, 9.17) is 0 Å². The maximum atomic E-state index is 14.0. The number of likely N-dealkylation sites (tertiary alicyclic amines) is 2. The maximum absolute atomic E-state index is 14.0. The molecule has 2 aliphatic heterocycles. The number of fused-ring (bicyclic) bond motifs is 1. The predicted octanol–water partition coefficient (Wildman–Crippen LogP) is 2.78. The van der Waals surface area contributed by atoms with Crippen LogP contribution in [0.15, 0.2) is 66.7 Å². The van der Waals surface area contributed by atoms with E-state index in [1.807, 2.05) is 61.5 Å². The molecule has 0 spiro atoms. The Balaban J connectivity index is 1.42. The Morgan fingerprint density at radius 2 is 1.67 bits per heavy atom. The first-order valence-corrected chi connectivity index (χ1v) is 14.5. The number of aliphatic hydroxyl groups is 2. The quantitative estimate of drug-likeness (QED) is 0.301. The van der Waals surface area contributed by atoms with E-state index in [-0.39, 0.29) is 36.7 Å². The number of carbonyl (C=O) groups excluding carboxylic acids is 3. The van der Waals surface area contributed by atoms with Crippen LogP contribution >= 0.6 is 0 Å². The monoisotopic (exact) mass is 585 g/mol. The average Bonchev–Trinajstić information content (AvgIpc) is 3.16. The number of rotatable bonds is 8. The van der Waals surface area contributed by atoms with Crippen molar-refractivity contribution in [2.75, 3.05) is 6.54 Å². The fourth-order valence-corrected chi connectivity index (χ4v) is 6.48. The van der Waals surface area contributed by atoms with E-state index in [1.165, 1.54) is 4.90 Å². The number of hydrogen-bond acceptors (Lipinski definition) is 6. The van der Waals surface area contributed by atoms with Gasteiger partial charge in [-0.1, -0.05) is 54.6 Å². The van der Waals surface area contributed by atoms with Gasteiger partial charge in [-0.2, -0.15) is 0 Å².